The lowest BCUT2D eigenvalue weighted by Gasteiger charge is -2.10. The zero-order valence-electron chi connectivity index (χ0n) is 13.8. The van der Waals surface area contributed by atoms with Gasteiger partial charge in [0, 0.05) is 11.4 Å². The minimum Gasteiger partial charge on any atom is -0.497 e. The van der Waals surface area contributed by atoms with E-state index < -0.39 is 0 Å². The fourth-order valence-electron chi connectivity index (χ4n) is 2.25. The number of hydrogen-bond acceptors (Lipinski definition) is 5. The average Bonchev–Trinajstić information content (AvgIpc) is 3.00. The summed E-state index contributed by atoms with van der Waals surface area (Å²) >= 11 is 3.38. The molecule has 0 N–H and O–H groups in total. The Morgan fingerprint density at radius 3 is 2.32 bits per heavy atom. The number of methoxy groups -OCH3 is 1. The molecular weight excluding hydrogens is 386 g/mol. The summed E-state index contributed by atoms with van der Waals surface area (Å²) in [4.78, 5) is 11.8. The summed E-state index contributed by atoms with van der Waals surface area (Å²) in [6.07, 6.45) is 0. The fourth-order valence-corrected chi connectivity index (χ4v) is 2.51. The lowest BCUT2D eigenvalue weighted by molar-refractivity contribution is 0.101. The molecule has 2 aromatic carbocycles. The van der Waals surface area contributed by atoms with E-state index >= 15 is 0 Å². The van der Waals surface area contributed by atoms with Crippen LogP contribution in [0.4, 0.5) is 0 Å². The van der Waals surface area contributed by atoms with E-state index in [1.165, 1.54) is 6.92 Å². The van der Waals surface area contributed by atoms with Crippen molar-refractivity contribution in [3.63, 3.8) is 0 Å². The first-order valence-corrected chi connectivity index (χ1v) is 8.37. The molecule has 0 aliphatic heterocycles. The Bertz CT molecular complexity index is 874. The third-order valence-corrected chi connectivity index (χ3v) is 4.07. The molecule has 0 fully saturated rings. The number of nitrogens with zero attached hydrogens (tertiary/aromatic N) is 3. The number of carbonyl (C=O) groups excluding carboxylic acids is 1. The van der Waals surface area contributed by atoms with E-state index in [2.05, 4.69) is 26.2 Å². The third-order valence-electron chi connectivity index (χ3n) is 3.54. The van der Waals surface area contributed by atoms with E-state index in [1.807, 2.05) is 36.4 Å². The van der Waals surface area contributed by atoms with E-state index in [1.54, 1.807) is 23.9 Å². The molecular formula is C18H16BrN3O3. The number of ether oxygens (including phenoxy) is 2. The van der Waals surface area contributed by atoms with Gasteiger partial charge < -0.3 is 9.47 Å². The number of carbonyl (C=O) groups is 1. The first kappa shape index (κ1) is 17.2. The van der Waals surface area contributed by atoms with Crippen LogP contribution in [0.15, 0.2) is 53.0 Å². The lowest BCUT2D eigenvalue weighted by Crippen LogP contribution is -2.05. The van der Waals surface area contributed by atoms with Crippen molar-refractivity contribution in [1.82, 2.24) is 15.0 Å². The SMILES string of the molecule is COc1ccc(Cn2nnc(C(C)=O)c2Oc2ccc(Br)cc2)cc1. The second-order valence-corrected chi connectivity index (χ2v) is 6.28. The van der Waals surface area contributed by atoms with Crippen LogP contribution in [0.2, 0.25) is 0 Å². The van der Waals surface area contributed by atoms with Crippen molar-refractivity contribution in [2.75, 3.05) is 7.11 Å². The van der Waals surface area contributed by atoms with Crippen molar-refractivity contribution in [3.05, 3.63) is 64.3 Å². The zero-order chi connectivity index (χ0) is 17.8. The zero-order valence-corrected chi connectivity index (χ0v) is 15.4. The maximum atomic E-state index is 11.8. The maximum Gasteiger partial charge on any atom is 0.249 e. The Hall–Kier alpha value is -2.67. The lowest BCUT2D eigenvalue weighted by atomic mass is 10.2. The molecule has 7 heteroatoms. The standard InChI is InChI=1S/C18H16BrN3O3/c1-12(23)17-18(25-16-9-5-14(19)6-10-16)22(21-20-17)11-13-3-7-15(24-2)8-4-13/h3-10H,11H2,1-2H3. The molecule has 0 spiro atoms. The van der Waals surface area contributed by atoms with Crippen molar-refractivity contribution in [1.29, 1.82) is 0 Å². The van der Waals surface area contributed by atoms with E-state index in [4.69, 9.17) is 9.47 Å². The van der Waals surface area contributed by atoms with Crippen LogP contribution in [0.25, 0.3) is 0 Å². The second-order valence-electron chi connectivity index (χ2n) is 5.36. The van der Waals surface area contributed by atoms with Crippen LogP contribution in [-0.4, -0.2) is 27.9 Å². The van der Waals surface area contributed by atoms with Gasteiger partial charge in [-0.3, -0.25) is 4.79 Å². The Morgan fingerprint density at radius 1 is 1.08 bits per heavy atom. The van der Waals surface area contributed by atoms with E-state index in [0.717, 1.165) is 15.8 Å². The molecule has 128 valence electrons. The summed E-state index contributed by atoms with van der Waals surface area (Å²) in [5.74, 6) is 1.50. The van der Waals surface area contributed by atoms with Crippen molar-refractivity contribution < 1.29 is 14.3 Å². The summed E-state index contributed by atoms with van der Waals surface area (Å²) in [5, 5.41) is 8.03. The van der Waals surface area contributed by atoms with Crippen molar-refractivity contribution in [3.8, 4) is 17.4 Å². The quantitative estimate of drug-likeness (QED) is 0.581. The third kappa shape index (κ3) is 4.06. The van der Waals surface area contributed by atoms with Crippen LogP contribution in [0.1, 0.15) is 23.0 Å². The van der Waals surface area contributed by atoms with Gasteiger partial charge in [0.25, 0.3) is 0 Å². The molecule has 0 amide bonds. The molecule has 0 unspecified atom stereocenters. The molecule has 0 atom stereocenters. The van der Waals surface area contributed by atoms with Crippen LogP contribution < -0.4 is 9.47 Å². The van der Waals surface area contributed by atoms with Crippen LogP contribution in [0.5, 0.6) is 17.4 Å². The summed E-state index contributed by atoms with van der Waals surface area (Å²) in [5.41, 5.74) is 1.19. The number of ketones is 1. The first-order chi connectivity index (χ1) is 12.1. The number of Topliss-reactive ketones (excluding diaryl/α,β-unsaturated/α-hetero) is 1. The van der Waals surface area contributed by atoms with Crippen molar-refractivity contribution in [2.45, 2.75) is 13.5 Å². The molecule has 1 heterocycles. The summed E-state index contributed by atoms with van der Waals surface area (Å²) in [7, 11) is 1.62. The van der Waals surface area contributed by atoms with E-state index in [-0.39, 0.29) is 11.5 Å². The first-order valence-electron chi connectivity index (χ1n) is 7.57. The van der Waals surface area contributed by atoms with Gasteiger partial charge in [-0.15, -0.1) is 5.10 Å². The van der Waals surface area contributed by atoms with E-state index in [0.29, 0.717) is 18.2 Å². The molecule has 3 aromatic rings. The molecule has 0 aliphatic carbocycles. The summed E-state index contributed by atoms with van der Waals surface area (Å²) in [6.45, 7) is 1.87. The highest BCUT2D eigenvalue weighted by Gasteiger charge is 2.19. The largest absolute Gasteiger partial charge is 0.497 e. The number of benzene rings is 2. The molecule has 6 nitrogen and oxygen atoms in total. The molecule has 0 bridgehead atoms. The second kappa shape index (κ2) is 7.48. The van der Waals surface area contributed by atoms with Crippen LogP contribution in [0, 0.1) is 0 Å². The van der Waals surface area contributed by atoms with Crippen LogP contribution in [-0.2, 0) is 6.54 Å². The molecule has 0 aliphatic rings. The summed E-state index contributed by atoms with van der Waals surface area (Å²) < 4.78 is 13.6. The van der Waals surface area contributed by atoms with Crippen LogP contribution in [0.3, 0.4) is 0 Å². The molecule has 0 saturated carbocycles. The number of aromatic nitrogens is 3. The van der Waals surface area contributed by atoms with Crippen LogP contribution >= 0.6 is 15.9 Å². The number of hydrogen-bond donors (Lipinski definition) is 0. The van der Waals surface area contributed by atoms with Gasteiger partial charge in [-0.05, 0) is 42.0 Å². The fraction of sp³-hybridized carbons (Fsp3) is 0.167. The van der Waals surface area contributed by atoms with E-state index in [9.17, 15) is 4.79 Å². The Labute approximate surface area is 153 Å². The van der Waals surface area contributed by atoms with Gasteiger partial charge in [0.15, 0.2) is 11.5 Å². The molecule has 25 heavy (non-hydrogen) atoms. The van der Waals surface area contributed by atoms with Gasteiger partial charge in [0.2, 0.25) is 5.88 Å². The number of rotatable bonds is 6. The Kier molecular flexibility index (Phi) is 5.14. The normalized spacial score (nSPS) is 10.5. The van der Waals surface area contributed by atoms with Gasteiger partial charge in [0.05, 0.1) is 13.7 Å². The van der Waals surface area contributed by atoms with Gasteiger partial charge in [-0.2, -0.15) is 0 Å². The molecule has 3 rings (SSSR count). The topological polar surface area (TPSA) is 66.2 Å². The van der Waals surface area contributed by atoms with Crippen molar-refractivity contribution in [2.24, 2.45) is 0 Å². The average molecular weight is 402 g/mol. The highest BCUT2D eigenvalue weighted by Crippen LogP contribution is 2.26. The molecule has 0 saturated heterocycles. The predicted octanol–water partition coefficient (Wildman–Crippen LogP) is 4.09. The number of halogens is 1. The maximum absolute atomic E-state index is 11.8. The minimum atomic E-state index is -0.201. The molecule has 1 aromatic heterocycles. The monoisotopic (exact) mass is 401 g/mol. The minimum absolute atomic E-state index is 0.201. The molecule has 0 radical (unpaired) electrons. The predicted molar refractivity (Wildman–Crippen MR) is 96.3 cm³/mol. The van der Waals surface area contributed by atoms with Crippen molar-refractivity contribution >= 4 is 21.7 Å². The Balaban J connectivity index is 1.90. The van der Waals surface area contributed by atoms with Gasteiger partial charge in [-0.25, -0.2) is 4.68 Å². The van der Waals surface area contributed by atoms with Gasteiger partial charge in [-0.1, -0.05) is 33.3 Å². The summed E-state index contributed by atoms with van der Waals surface area (Å²) in [6, 6.07) is 14.9. The highest BCUT2D eigenvalue weighted by atomic mass is 79.9. The Morgan fingerprint density at radius 2 is 1.72 bits per heavy atom. The smallest absolute Gasteiger partial charge is 0.249 e. The highest BCUT2D eigenvalue weighted by molar-refractivity contribution is 9.10. The van der Waals surface area contributed by atoms with Gasteiger partial charge >= 0.3 is 0 Å². The van der Waals surface area contributed by atoms with Gasteiger partial charge in [0.1, 0.15) is 11.5 Å².